The fourth-order valence-electron chi connectivity index (χ4n) is 3.38. The number of nitrogens with zero attached hydrogens (tertiary/aromatic N) is 3. The molecular formula is C19H20ClN3O5S. The fraction of sp³-hybridized carbons (Fsp3) is 0.316. The molecule has 10 heteroatoms. The smallest absolute Gasteiger partial charge is 0.290 e. The van der Waals surface area contributed by atoms with E-state index in [2.05, 4.69) is 10.1 Å². The van der Waals surface area contributed by atoms with Crippen LogP contribution in [0.3, 0.4) is 0 Å². The highest BCUT2D eigenvalue weighted by Crippen LogP contribution is 2.37. The summed E-state index contributed by atoms with van der Waals surface area (Å²) in [6, 6.07) is 9.74. The van der Waals surface area contributed by atoms with Gasteiger partial charge in [-0.1, -0.05) is 41.9 Å². The van der Waals surface area contributed by atoms with E-state index in [1.54, 1.807) is 4.68 Å². The molecule has 154 valence electrons. The summed E-state index contributed by atoms with van der Waals surface area (Å²) in [5.74, 6) is 0.827. The van der Waals surface area contributed by atoms with E-state index in [1.165, 1.54) is 6.39 Å². The van der Waals surface area contributed by atoms with Crippen molar-refractivity contribution >= 4 is 27.9 Å². The van der Waals surface area contributed by atoms with Crippen LogP contribution in [0.2, 0.25) is 5.15 Å². The standard InChI is InChI=1S/C18H18ClN3O3S.CH2O2/c1-12-16(18(19)22(21-12)14-7-8-26(23,24)10-14)17-15(20-11-25-17)9-13-5-3-2-4-6-13;2-1-3/h2-6,11,14H,7-10H2,1H3;1H,(H,2,3). The zero-order chi connectivity index (χ0) is 21.0. The summed E-state index contributed by atoms with van der Waals surface area (Å²) in [6.45, 7) is 1.59. The predicted octanol–water partition coefficient (Wildman–Crippen LogP) is 3.15. The van der Waals surface area contributed by atoms with Crippen molar-refractivity contribution in [2.24, 2.45) is 0 Å². The topological polar surface area (TPSA) is 115 Å². The molecule has 0 aliphatic carbocycles. The van der Waals surface area contributed by atoms with Gasteiger partial charge in [0.2, 0.25) is 0 Å². The Kier molecular flexibility index (Phi) is 6.39. The summed E-state index contributed by atoms with van der Waals surface area (Å²) in [5.41, 5.74) is 3.27. The average molecular weight is 438 g/mol. The van der Waals surface area contributed by atoms with E-state index in [0.29, 0.717) is 35.0 Å². The first-order valence-corrected chi connectivity index (χ1v) is 11.1. The van der Waals surface area contributed by atoms with Crippen molar-refractivity contribution in [3.8, 4) is 11.3 Å². The summed E-state index contributed by atoms with van der Waals surface area (Å²) in [7, 11) is -3.02. The Morgan fingerprint density at radius 3 is 2.66 bits per heavy atom. The first-order chi connectivity index (χ1) is 13.9. The van der Waals surface area contributed by atoms with Gasteiger partial charge in [-0.05, 0) is 18.9 Å². The molecule has 1 saturated heterocycles. The third-order valence-electron chi connectivity index (χ3n) is 4.66. The molecule has 3 aromatic rings. The molecule has 1 aliphatic heterocycles. The highest BCUT2D eigenvalue weighted by Gasteiger charge is 2.33. The van der Waals surface area contributed by atoms with Crippen LogP contribution in [0.5, 0.6) is 0 Å². The highest BCUT2D eigenvalue weighted by atomic mass is 35.5. The van der Waals surface area contributed by atoms with Crippen molar-refractivity contribution < 1.29 is 22.7 Å². The molecular weight excluding hydrogens is 418 g/mol. The van der Waals surface area contributed by atoms with Gasteiger partial charge in [0.25, 0.3) is 6.47 Å². The van der Waals surface area contributed by atoms with E-state index in [9.17, 15) is 8.42 Å². The average Bonchev–Trinajstić information content (AvgIpc) is 3.34. The lowest BCUT2D eigenvalue weighted by molar-refractivity contribution is -0.122. The van der Waals surface area contributed by atoms with Crippen LogP contribution in [-0.2, 0) is 21.1 Å². The molecule has 4 rings (SSSR count). The fourth-order valence-corrected chi connectivity index (χ4v) is 5.47. The van der Waals surface area contributed by atoms with Gasteiger partial charge in [-0.25, -0.2) is 18.1 Å². The number of sulfone groups is 1. The molecule has 8 nitrogen and oxygen atoms in total. The minimum atomic E-state index is -3.02. The van der Waals surface area contributed by atoms with Gasteiger partial charge < -0.3 is 9.52 Å². The molecule has 0 spiro atoms. The van der Waals surface area contributed by atoms with E-state index in [4.69, 9.17) is 25.9 Å². The van der Waals surface area contributed by atoms with Gasteiger partial charge in [-0.2, -0.15) is 5.10 Å². The molecule has 1 aliphatic rings. The lowest BCUT2D eigenvalue weighted by atomic mass is 10.1. The van der Waals surface area contributed by atoms with Crippen LogP contribution in [0.25, 0.3) is 11.3 Å². The van der Waals surface area contributed by atoms with Crippen molar-refractivity contribution in [2.45, 2.75) is 25.8 Å². The number of aromatic nitrogens is 3. The maximum Gasteiger partial charge on any atom is 0.290 e. The summed E-state index contributed by atoms with van der Waals surface area (Å²) >= 11 is 6.59. The molecule has 29 heavy (non-hydrogen) atoms. The molecule has 0 bridgehead atoms. The number of halogens is 1. The molecule has 2 aromatic heterocycles. The van der Waals surface area contributed by atoms with E-state index in [-0.39, 0.29) is 24.0 Å². The molecule has 1 unspecified atom stereocenters. The van der Waals surface area contributed by atoms with E-state index >= 15 is 0 Å². The molecule has 1 N–H and O–H groups in total. The number of carbonyl (C=O) groups is 1. The number of hydrogen-bond acceptors (Lipinski definition) is 6. The van der Waals surface area contributed by atoms with Gasteiger partial charge in [-0.3, -0.25) is 4.79 Å². The number of benzene rings is 1. The second kappa shape index (κ2) is 8.79. The van der Waals surface area contributed by atoms with E-state index in [0.717, 1.165) is 11.3 Å². The number of carboxylic acid groups (broad SMARTS) is 1. The monoisotopic (exact) mass is 437 g/mol. The Morgan fingerprint density at radius 2 is 2.03 bits per heavy atom. The largest absolute Gasteiger partial charge is 0.483 e. The van der Waals surface area contributed by atoms with Gasteiger partial charge in [0, 0.05) is 6.42 Å². The van der Waals surface area contributed by atoms with Crippen molar-refractivity contribution in [1.82, 2.24) is 14.8 Å². The first kappa shape index (κ1) is 21.1. The first-order valence-electron chi connectivity index (χ1n) is 8.85. The van der Waals surface area contributed by atoms with Crippen molar-refractivity contribution in [1.29, 1.82) is 0 Å². The Morgan fingerprint density at radius 1 is 1.34 bits per heavy atom. The predicted molar refractivity (Wildman–Crippen MR) is 108 cm³/mol. The zero-order valence-corrected chi connectivity index (χ0v) is 17.2. The second-order valence-electron chi connectivity index (χ2n) is 6.65. The van der Waals surface area contributed by atoms with Crippen LogP contribution in [0.1, 0.15) is 29.4 Å². The molecule has 1 atom stereocenters. The van der Waals surface area contributed by atoms with Gasteiger partial charge in [-0.15, -0.1) is 0 Å². The molecule has 1 aromatic carbocycles. The van der Waals surface area contributed by atoms with Gasteiger partial charge >= 0.3 is 0 Å². The summed E-state index contributed by atoms with van der Waals surface area (Å²) in [4.78, 5) is 12.7. The van der Waals surface area contributed by atoms with Gasteiger partial charge in [0.1, 0.15) is 5.15 Å². The molecule has 1 fully saturated rings. The number of oxazole rings is 1. The van der Waals surface area contributed by atoms with Crippen LogP contribution in [0, 0.1) is 6.92 Å². The van der Waals surface area contributed by atoms with E-state index in [1.807, 2.05) is 37.3 Å². The SMILES string of the molecule is Cc1nn(C2CCS(=O)(=O)C2)c(Cl)c1-c1ocnc1Cc1ccccc1.O=CO. The minimum absolute atomic E-state index is 0.0700. The zero-order valence-electron chi connectivity index (χ0n) is 15.7. The van der Waals surface area contributed by atoms with E-state index < -0.39 is 9.84 Å². The summed E-state index contributed by atoms with van der Waals surface area (Å²) in [5, 5.41) is 11.8. The Bertz CT molecular complexity index is 1090. The Labute approximate surface area is 173 Å². The van der Waals surface area contributed by atoms with Crippen molar-refractivity contribution in [3.05, 3.63) is 58.8 Å². The quantitative estimate of drug-likeness (QED) is 0.623. The van der Waals surface area contributed by atoms with Crippen LogP contribution in [0.4, 0.5) is 0 Å². The van der Waals surface area contributed by atoms with Crippen LogP contribution in [-0.4, -0.2) is 46.3 Å². The molecule has 3 heterocycles. The van der Waals surface area contributed by atoms with Gasteiger partial charge in [0.05, 0.1) is 34.5 Å². The van der Waals surface area contributed by atoms with Crippen LogP contribution < -0.4 is 0 Å². The minimum Gasteiger partial charge on any atom is -0.483 e. The molecule has 0 radical (unpaired) electrons. The van der Waals surface area contributed by atoms with Crippen LogP contribution >= 0.6 is 11.6 Å². The lowest BCUT2D eigenvalue weighted by Crippen LogP contribution is -2.12. The second-order valence-corrected chi connectivity index (χ2v) is 9.24. The van der Waals surface area contributed by atoms with Crippen LogP contribution in [0.15, 0.2) is 41.1 Å². The maximum atomic E-state index is 11.8. The third-order valence-corrected chi connectivity index (χ3v) is 6.78. The van der Waals surface area contributed by atoms with Crippen molar-refractivity contribution in [2.75, 3.05) is 11.5 Å². The third kappa shape index (κ3) is 4.68. The Balaban J connectivity index is 0.000000755. The maximum absolute atomic E-state index is 11.8. The molecule has 0 saturated carbocycles. The molecule has 0 amide bonds. The Hall–Kier alpha value is -2.65. The van der Waals surface area contributed by atoms with Crippen molar-refractivity contribution in [3.63, 3.8) is 0 Å². The number of hydrogen-bond donors (Lipinski definition) is 1. The number of rotatable bonds is 4. The highest BCUT2D eigenvalue weighted by molar-refractivity contribution is 7.91. The summed E-state index contributed by atoms with van der Waals surface area (Å²) in [6.07, 6.45) is 2.54. The van der Waals surface area contributed by atoms with Gasteiger partial charge in [0.15, 0.2) is 22.0 Å². The summed E-state index contributed by atoms with van der Waals surface area (Å²) < 4.78 is 30.8. The lowest BCUT2D eigenvalue weighted by Gasteiger charge is -2.09. The number of aryl methyl sites for hydroxylation is 1. The normalized spacial score (nSPS) is 17.5.